The number of Topliss-reactive ketones (excluding diaryl/α,β-unsaturated/α-hetero) is 1. The maximum absolute atomic E-state index is 12.1. The molecule has 2 saturated carbocycles. The number of aliphatic hydroxyl groups excluding tert-OH is 1. The molecule has 2 rings (SSSR count). The van der Waals surface area contributed by atoms with Crippen LogP contribution in [0.1, 0.15) is 79.5 Å². The molecule has 0 heterocycles. The lowest BCUT2D eigenvalue weighted by Gasteiger charge is -2.29. The second-order valence-electron chi connectivity index (χ2n) is 8.92. The van der Waals surface area contributed by atoms with Crippen LogP contribution < -0.4 is 5.32 Å². The minimum atomic E-state index is 0. The van der Waals surface area contributed by atoms with Crippen molar-refractivity contribution in [1.82, 2.24) is 5.32 Å². The normalized spacial score (nSPS) is 28.9. The fraction of sp³-hybridized carbons (Fsp3) is 0.909. The third kappa shape index (κ3) is 7.90. The number of carbonyl (C=O) groups excluding carboxylic acids is 2. The highest BCUT2D eigenvalue weighted by Crippen LogP contribution is 2.29. The van der Waals surface area contributed by atoms with E-state index >= 15 is 0 Å². The van der Waals surface area contributed by atoms with Crippen LogP contribution in [0.2, 0.25) is 0 Å². The zero-order chi connectivity index (χ0) is 19.6. The van der Waals surface area contributed by atoms with Gasteiger partial charge in [0.25, 0.3) is 0 Å². The van der Waals surface area contributed by atoms with Crippen LogP contribution in [-0.4, -0.2) is 42.7 Å². The number of rotatable bonds is 10. The molecular formula is C22H41NO4. The molecule has 0 atom stereocenters. The van der Waals surface area contributed by atoms with Crippen molar-refractivity contribution in [3.8, 4) is 0 Å². The SMILES string of the molecule is CC(C)C(=O)C1CCC(NC(=O)CCCOCC2CCC(CO)CC2)CC1.[HH]. The zero-order valence-corrected chi connectivity index (χ0v) is 17.3. The molecule has 2 aliphatic rings. The average molecular weight is 384 g/mol. The van der Waals surface area contributed by atoms with Crippen LogP contribution in [0, 0.1) is 23.7 Å². The maximum atomic E-state index is 12.1. The summed E-state index contributed by atoms with van der Waals surface area (Å²) in [7, 11) is 0. The van der Waals surface area contributed by atoms with Gasteiger partial charge in [-0.05, 0) is 69.6 Å². The van der Waals surface area contributed by atoms with Gasteiger partial charge in [0.05, 0.1) is 0 Å². The van der Waals surface area contributed by atoms with Crippen molar-refractivity contribution in [1.29, 1.82) is 0 Å². The highest BCUT2D eigenvalue weighted by Gasteiger charge is 2.28. The summed E-state index contributed by atoms with van der Waals surface area (Å²) < 4.78 is 5.77. The molecule has 0 aromatic rings. The van der Waals surface area contributed by atoms with Gasteiger partial charge in [-0.15, -0.1) is 0 Å². The Morgan fingerprint density at radius 1 is 1.04 bits per heavy atom. The number of amides is 1. The van der Waals surface area contributed by atoms with E-state index in [0.29, 0.717) is 37.3 Å². The molecule has 2 aliphatic carbocycles. The van der Waals surface area contributed by atoms with Crippen LogP contribution in [0.3, 0.4) is 0 Å². The monoisotopic (exact) mass is 383 g/mol. The fourth-order valence-corrected chi connectivity index (χ4v) is 4.46. The molecule has 5 nitrogen and oxygen atoms in total. The van der Waals surface area contributed by atoms with Gasteiger partial charge in [0.15, 0.2) is 0 Å². The summed E-state index contributed by atoms with van der Waals surface area (Å²) in [4.78, 5) is 24.2. The van der Waals surface area contributed by atoms with Crippen molar-refractivity contribution in [2.24, 2.45) is 23.7 Å². The fourth-order valence-electron chi connectivity index (χ4n) is 4.46. The number of carbonyl (C=O) groups is 2. The molecule has 1 amide bonds. The van der Waals surface area contributed by atoms with Gasteiger partial charge in [-0.1, -0.05) is 13.8 Å². The summed E-state index contributed by atoms with van der Waals surface area (Å²) in [6.45, 7) is 5.69. The highest BCUT2D eigenvalue weighted by atomic mass is 16.5. The number of hydrogen-bond acceptors (Lipinski definition) is 4. The van der Waals surface area contributed by atoms with Gasteiger partial charge in [-0.3, -0.25) is 9.59 Å². The minimum Gasteiger partial charge on any atom is -0.396 e. The van der Waals surface area contributed by atoms with E-state index in [1.165, 1.54) is 0 Å². The van der Waals surface area contributed by atoms with E-state index in [1.807, 2.05) is 13.8 Å². The first-order chi connectivity index (χ1) is 13.0. The van der Waals surface area contributed by atoms with E-state index in [4.69, 9.17) is 9.84 Å². The molecule has 5 heteroatoms. The third-order valence-corrected chi connectivity index (χ3v) is 6.33. The zero-order valence-electron chi connectivity index (χ0n) is 17.3. The van der Waals surface area contributed by atoms with Crippen LogP contribution in [0.15, 0.2) is 0 Å². The second kappa shape index (κ2) is 11.8. The summed E-state index contributed by atoms with van der Waals surface area (Å²) >= 11 is 0. The molecule has 27 heavy (non-hydrogen) atoms. The smallest absolute Gasteiger partial charge is 0.220 e. The van der Waals surface area contributed by atoms with E-state index in [1.54, 1.807) is 0 Å². The topological polar surface area (TPSA) is 75.6 Å². The summed E-state index contributed by atoms with van der Waals surface area (Å²) in [5.41, 5.74) is 0. The van der Waals surface area contributed by atoms with Crippen molar-refractivity contribution >= 4 is 11.7 Å². The Bertz CT molecular complexity index is 455. The molecule has 0 bridgehead atoms. The lowest BCUT2D eigenvalue weighted by atomic mass is 9.80. The molecule has 0 spiro atoms. The summed E-state index contributed by atoms with van der Waals surface area (Å²) in [6.07, 6.45) is 9.44. The Labute approximate surface area is 166 Å². The molecule has 0 unspecified atom stereocenters. The standard InChI is InChI=1S/C22H39NO4.H2/c1-16(2)22(26)19-9-11-20(12-10-19)23-21(25)4-3-13-27-15-18-7-5-17(14-24)6-8-18;/h16-20,24H,3-15H2,1-2H3,(H,23,25);1H. The molecule has 0 radical (unpaired) electrons. The number of ether oxygens (including phenoxy) is 1. The van der Waals surface area contributed by atoms with Crippen molar-refractivity contribution in [2.45, 2.75) is 84.1 Å². The maximum Gasteiger partial charge on any atom is 0.220 e. The third-order valence-electron chi connectivity index (χ3n) is 6.33. The predicted octanol–water partition coefficient (Wildman–Crippen LogP) is 3.73. The number of ketones is 1. The van der Waals surface area contributed by atoms with Crippen LogP contribution in [0.5, 0.6) is 0 Å². The quantitative estimate of drug-likeness (QED) is 0.564. The Balaban J connectivity index is 0.00000392. The number of hydrogen-bond donors (Lipinski definition) is 2. The molecule has 0 saturated heterocycles. The first-order valence-electron chi connectivity index (χ1n) is 11.0. The Hall–Kier alpha value is -0.940. The molecule has 0 aromatic heterocycles. The van der Waals surface area contributed by atoms with Crippen LogP contribution in [-0.2, 0) is 14.3 Å². The Morgan fingerprint density at radius 3 is 2.26 bits per heavy atom. The molecule has 0 aliphatic heterocycles. The molecule has 2 fully saturated rings. The van der Waals surface area contributed by atoms with Gasteiger partial charge in [0.2, 0.25) is 5.91 Å². The van der Waals surface area contributed by atoms with Crippen molar-refractivity contribution in [3.05, 3.63) is 0 Å². The summed E-state index contributed by atoms with van der Waals surface area (Å²) in [5, 5.41) is 12.3. The largest absolute Gasteiger partial charge is 0.396 e. The number of nitrogens with one attached hydrogen (secondary N) is 1. The Kier molecular flexibility index (Phi) is 9.77. The molecule has 2 N–H and O–H groups in total. The van der Waals surface area contributed by atoms with Gasteiger partial charge >= 0.3 is 0 Å². The van der Waals surface area contributed by atoms with E-state index in [9.17, 15) is 9.59 Å². The number of aliphatic hydroxyl groups is 1. The summed E-state index contributed by atoms with van der Waals surface area (Å²) in [5.74, 6) is 1.90. The Morgan fingerprint density at radius 2 is 1.67 bits per heavy atom. The highest BCUT2D eigenvalue weighted by molar-refractivity contribution is 5.83. The van der Waals surface area contributed by atoms with Crippen LogP contribution in [0.25, 0.3) is 0 Å². The molecule has 0 aromatic carbocycles. The van der Waals surface area contributed by atoms with Crippen LogP contribution in [0.4, 0.5) is 0 Å². The molecule has 158 valence electrons. The van der Waals surface area contributed by atoms with Crippen molar-refractivity contribution in [2.75, 3.05) is 19.8 Å². The van der Waals surface area contributed by atoms with E-state index < -0.39 is 0 Å². The lowest BCUT2D eigenvalue weighted by molar-refractivity contribution is -0.127. The lowest BCUT2D eigenvalue weighted by Crippen LogP contribution is -2.39. The van der Waals surface area contributed by atoms with Gasteiger partial charge in [0, 0.05) is 45.5 Å². The van der Waals surface area contributed by atoms with Crippen molar-refractivity contribution < 1.29 is 20.9 Å². The minimum absolute atomic E-state index is 0. The summed E-state index contributed by atoms with van der Waals surface area (Å²) in [6, 6.07) is 0.233. The predicted molar refractivity (Wildman–Crippen MR) is 108 cm³/mol. The van der Waals surface area contributed by atoms with Crippen molar-refractivity contribution in [3.63, 3.8) is 0 Å². The van der Waals surface area contributed by atoms with Crippen LogP contribution >= 0.6 is 0 Å². The van der Waals surface area contributed by atoms with Gasteiger partial charge in [-0.25, -0.2) is 0 Å². The van der Waals surface area contributed by atoms with E-state index in [2.05, 4.69) is 5.32 Å². The van der Waals surface area contributed by atoms with Gasteiger partial charge < -0.3 is 15.2 Å². The second-order valence-corrected chi connectivity index (χ2v) is 8.92. The first-order valence-corrected chi connectivity index (χ1v) is 11.0. The van der Waals surface area contributed by atoms with Gasteiger partial charge in [0.1, 0.15) is 5.78 Å². The van der Waals surface area contributed by atoms with Gasteiger partial charge in [-0.2, -0.15) is 0 Å². The average Bonchev–Trinajstić information content (AvgIpc) is 2.68. The molecular weight excluding hydrogens is 342 g/mol. The van der Waals surface area contributed by atoms with E-state index in [0.717, 1.165) is 64.4 Å². The van der Waals surface area contributed by atoms with E-state index in [-0.39, 0.29) is 25.2 Å². The first kappa shape index (κ1) is 22.4.